The van der Waals surface area contributed by atoms with Gasteiger partial charge in [0.15, 0.2) is 12.2 Å². The Morgan fingerprint density at radius 3 is 2.02 bits per heavy atom. The van der Waals surface area contributed by atoms with Crippen molar-refractivity contribution in [1.82, 2.24) is 20.3 Å². The standard InChI is InChI=1S/C33H48Cl2N4O10S/c1-3-10-46-11-7-36-32(42)30(40)31(41)33(43)37-8-12-47-14-16-49-17-15-48-13-9-38-50(44,45)25-6-4-5-23(18-25)27-21-39(2)22-28-26(27)19-24(34)20-29(28)35/h4-6,18-20,27,30-31,38,40-41H,3,7-17,21-22H2,1-2H3,(H,36,42)(H,37,43)/t27-,30+,31+/m0/s1. The molecule has 0 unspecified atom stereocenters. The van der Waals surface area contributed by atoms with Crippen molar-refractivity contribution in [2.24, 2.45) is 0 Å². The van der Waals surface area contributed by atoms with E-state index in [0.29, 0.717) is 29.7 Å². The molecule has 1 heterocycles. The summed E-state index contributed by atoms with van der Waals surface area (Å²) < 4.78 is 50.1. The van der Waals surface area contributed by atoms with Gasteiger partial charge in [-0.25, -0.2) is 13.1 Å². The van der Waals surface area contributed by atoms with Crippen LogP contribution in [-0.2, 0) is 45.1 Å². The smallest absolute Gasteiger partial charge is 0.252 e. The van der Waals surface area contributed by atoms with Crippen molar-refractivity contribution in [2.75, 3.05) is 86.1 Å². The highest BCUT2D eigenvalue weighted by molar-refractivity contribution is 7.89. The maximum absolute atomic E-state index is 13.0. The Labute approximate surface area is 303 Å². The molecule has 1 aliphatic rings. The maximum Gasteiger partial charge on any atom is 0.252 e. The lowest BCUT2D eigenvalue weighted by Crippen LogP contribution is -2.50. The van der Waals surface area contributed by atoms with E-state index in [1.807, 2.05) is 26.1 Å². The summed E-state index contributed by atoms with van der Waals surface area (Å²) in [4.78, 5) is 26.1. The number of amides is 2. The molecular formula is C33H48Cl2N4O10S. The van der Waals surface area contributed by atoms with Crippen molar-refractivity contribution in [1.29, 1.82) is 0 Å². The number of aliphatic hydroxyl groups excluding tert-OH is 2. The molecule has 0 fully saturated rings. The molecule has 280 valence electrons. The second kappa shape index (κ2) is 21.8. The van der Waals surface area contributed by atoms with Crippen LogP contribution in [0.2, 0.25) is 10.0 Å². The van der Waals surface area contributed by atoms with Gasteiger partial charge >= 0.3 is 0 Å². The maximum atomic E-state index is 13.0. The van der Waals surface area contributed by atoms with E-state index in [9.17, 15) is 28.2 Å². The molecule has 0 bridgehead atoms. The fraction of sp³-hybridized carbons (Fsp3) is 0.576. The highest BCUT2D eigenvalue weighted by Crippen LogP contribution is 2.38. The monoisotopic (exact) mass is 762 g/mol. The number of benzene rings is 2. The first kappa shape index (κ1) is 42.0. The molecule has 0 saturated carbocycles. The number of sulfonamides is 1. The Balaban J connectivity index is 1.25. The second-order valence-electron chi connectivity index (χ2n) is 11.6. The van der Waals surface area contributed by atoms with Gasteiger partial charge in [-0.15, -0.1) is 0 Å². The number of hydrogen-bond acceptors (Lipinski definition) is 11. The molecule has 3 atom stereocenters. The van der Waals surface area contributed by atoms with E-state index in [2.05, 4.69) is 20.3 Å². The Kier molecular flexibility index (Phi) is 18.3. The van der Waals surface area contributed by atoms with Gasteiger partial charge in [0.25, 0.3) is 11.8 Å². The van der Waals surface area contributed by atoms with Crippen LogP contribution in [0.4, 0.5) is 0 Å². The molecule has 0 radical (unpaired) electrons. The first-order valence-electron chi connectivity index (χ1n) is 16.4. The Morgan fingerprint density at radius 1 is 0.860 bits per heavy atom. The number of likely N-dealkylation sites (N-methyl/N-ethyl adjacent to an activating group) is 1. The predicted molar refractivity (Wildman–Crippen MR) is 188 cm³/mol. The van der Waals surface area contributed by atoms with Crippen LogP contribution in [0.1, 0.15) is 36.0 Å². The van der Waals surface area contributed by atoms with Gasteiger partial charge in [0, 0.05) is 55.3 Å². The zero-order valence-corrected chi connectivity index (χ0v) is 30.7. The van der Waals surface area contributed by atoms with Crippen LogP contribution < -0.4 is 15.4 Å². The lowest BCUT2D eigenvalue weighted by atomic mass is 9.85. The molecule has 1 aliphatic heterocycles. The predicted octanol–water partition coefficient (Wildman–Crippen LogP) is 1.28. The number of nitrogens with zero attached hydrogens (tertiary/aromatic N) is 1. The van der Waals surface area contributed by atoms with Gasteiger partial charge in [-0.05, 0) is 54.4 Å². The molecule has 0 saturated heterocycles. The summed E-state index contributed by atoms with van der Waals surface area (Å²) in [6, 6.07) is 10.5. The number of nitrogens with one attached hydrogen (secondary N) is 3. The van der Waals surface area contributed by atoms with Gasteiger partial charge in [0.2, 0.25) is 10.0 Å². The van der Waals surface area contributed by atoms with Crippen molar-refractivity contribution >= 4 is 45.0 Å². The third-order valence-electron chi connectivity index (χ3n) is 7.62. The van der Waals surface area contributed by atoms with Crippen LogP contribution in [0.25, 0.3) is 0 Å². The molecule has 14 nitrogen and oxygen atoms in total. The number of carbonyl (C=O) groups is 2. The summed E-state index contributed by atoms with van der Waals surface area (Å²) in [5.41, 5.74) is 2.83. The quantitative estimate of drug-likeness (QED) is 0.103. The van der Waals surface area contributed by atoms with Gasteiger partial charge in [-0.3, -0.25) is 9.59 Å². The van der Waals surface area contributed by atoms with Crippen molar-refractivity contribution in [3.8, 4) is 0 Å². The molecule has 0 aliphatic carbocycles. The molecule has 5 N–H and O–H groups in total. The molecule has 3 rings (SSSR count). The van der Waals surface area contributed by atoms with E-state index in [4.69, 9.17) is 42.1 Å². The molecule has 0 spiro atoms. The summed E-state index contributed by atoms with van der Waals surface area (Å²) in [7, 11) is -1.79. The fourth-order valence-electron chi connectivity index (χ4n) is 5.14. The summed E-state index contributed by atoms with van der Waals surface area (Å²) in [5, 5.41) is 25.7. The molecule has 50 heavy (non-hydrogen) atoms. The zero-order chi connectivity index (χ0) is 36.5. The number of aliphatic hydroxyl groups is 2. The van der Waals surface area contributed by atoms with Crippen LogP contribution in [0.3, 0.4) is 0 Å². The summed E-state index contributed by atoms with van der Waals surface area (Å²) in [5.74, 6) is -1.87. The van der Waals surface area contributed by atoms with Gasteiger partial charge in [0.1, 0.15) is 0 Å². The van der Waals surface area contributed by atoms with Crippen molar-refractivity contribution in [3.63, 3.8) is 0 Å². The van der Waals surface area contributed by atoms with E-state index < -0.39 is 34.0 Å². The van der Waals surface area contributed by atoms with Crippen molar-refractivity contribution in [3.05, 3.63) is 63.1 Å². The topological polar surface area (TPSA) is 185 Å². The first-order chi connectivity index (χ1) is 23.9. The van der Waals surface area contributed by atoms with Crippen molar-refractivity contribution < 1.29 is 47.2 Å². The minimum Gasteiger partial charge on any atom is -0.380 e. The van der Waals surface area contributed by atoms with E-state index in [0.717, 1.165) is 23.1 Å². The first-order valence-corrected chi connectivity index (χ1v) is 18.7. The summed E-state index contributed by atoms with van der Waals surface area (Å²) in [6.07, 6.45) is -3.01. The highest BCUT2D eigenvalue weighted by atomic mass is 35.5. The number of carbonyl (C=O) groups excluding carboxylic acids is 2. The fourth-order valence-corrected chi connectivity index (χ4v) is 6.77. The summed E-state index contributed by atoms with van der Waals surface area (Å²) in [6.45, 7) is 5.64. The highest BCUT2D eigenvalue weighted by Gasteiger charge is 2.30. The van der Waals surface area contributed by atoms with Crippen LogP contribution in [0.15, 0.2) is 41.3 Å². The minimum absolute atomic E-state index is 0.0496. The van der Waals surface area contributed by atoms with Crippen LogP contribution >= 0.6 is 23.2 Å². The van der Waals surface area contributed by atoms with E-state index in [-0.39, 0.29) is 76.7 Å². The normalized spacial score (nSPS) is 16.1. The third-order valence-corrected chi connectivity index (χ3v) is 9.64. The Hall–Kier alpha value is -2.41. The average Bonchev–Trinajstić information content (AvgIpc) is 3.09. The van der Waals surface area contributed by atoms with Crippen LogP contribution in [0, 0.1) is 0 Å². The number of halogens is 2. The lowest BCUT2D eigenvalue weighted by Gasteiger charge is -2.33. The van der Waals surface area contributed by atoms with Crippen LogP contribution in [0.5, 0.6) is 0 Å². The summed E-state index contributed by atoms with van der Waals surface area (Å²) >= 11 is 12.8. The van der Waals surface area contributed by atoms with Gasteiger partial charge in [0.05, 0.1) is 51.1 Å². The van der Waals surface area contributed by atoms with Crippen molar-refractivity contribution in [2.45, 2.75) is 42.9 Å². The molecule has 2 amide bonds. The van der Waals surface area contributed by atoms with E-state index in [1.165, 1.54) is 0 Å². The number of ether oxygens (including phenoxy) is 4. The minimum atomic E-state index is -3.78. The molecule has 2 aromatic rings. The molecule has 0 aromatic heterocycles. The average molecular weight is 764 g/mol. The number of rotatable bonds is 23. The molecule has 17 heteroatoms. The third kappa shape index (κ3) is 13.6. The van der Waals surface area contributed by atoms with Crippen LogP contribution in [-0.4, -0.2) is 134 Å². The van der Waals surface area contributed by atoms with E-state index >= 15 is 0 Å². The Bertz CT molecular complexity index is 1490. The zero-order valence-electron chi connectivity index (χ0n) is 28.4. The molecule has 2 aromatic carbocycles. The van der Waals surface area contributed by atoms with Gasteiger partial charge in [-0.1, -0.05) is 42.3 Å². The van der Waals surface area contributed by atoms with E-state index in [1.54, 1.807) is 24.3 Å². The largest absolute Gasteiger partial charge is 0.380 e. The van der Waals surface area contributed by atoms with Gasteiger partial charge in [-0.2, -0.15) is 0 Å². The molecular weight excluding hydrogens is 715 g/mol. The number of fused-ring (bicyclic) bond motifs is 1. The Morgan fingerprint density at radius 2 is 1.42 bits per heavy atom. The SMILES string of the molecule is CCCOCCNC(=O)[C@H](O)[C@@H](O)C(=O)NCCOCCOCCOCCNS(=O)(=O)c1cccc([C@@H]2CN(C)Cc3c(Cl)cc(Cl)cc32)c1. The lowest BCUT2D eigenvalue weighted by molar-refractivity contribution is -0.146. The van der Waals surface area contributed by atoms with Gasteiger partial charge < -0.3 is 44.7 Å². The number of hydrogen-bond donors (Lipinski definition) is 5. The second-order valence-corrected chi connectivity index (χ2v) is 14.2.